The summed E-state index contributed by atoms with van der Waals surface area (Å²) in [7, 11) is 0. The maximum Gasteiger partial charge on any atom is 0.306 e. The molecule has 64 valence electrons. The molecular weight excluding hydrogens is 142 g/mol. The van der Waals surface area contributed by atoms with Crippen molar-refractivity contribution in [1.82, 2.24) is 0 Å². The van der Waals surface area contributed by atoms with Gasteiger partial charge in [0.25, 0.3) is 0 Å². The van der Waals surface area contributed by atoms with Crippen LogP contribution in [0.3, 0.4) is 0 Å². The van der Waals surface area contributed by atoms with E-state index in [1.165, 1.54) is 0 Å². The Labute approximate surface area is 66.6 Å². The maximum absolute atomic E-state index is 10.5. The van der Waals surface area contributed by atoms with Gasteiger partial charge in [-0.3, -0.25) is 4.79 Å². The quantitative estimate of drug-likeness (QED) is 0.596. The van der Waals surface area contributed by atoms with E-state index in [1.807, 2.05) is 6.92 Å². The fourth-order valence-corrected chi connectivity index (χ4v) is 1.52. The third-order valence-electron chi connectivity index (χ3n) is 2.48. The zero-order chi connectivity index (χ0) is 8.48. The van der Waals surface area contributed by atoms with Crippen LogP contribution in [0.25, 0.3) is 0 Å². The predicted molar refractivity (Wildman–Crippen MR) is 42.2 cm³/mol. The second-order valence-corrected chi connectivity index (χ2v) is 3.77. The van der Waals surface area contributed by atoms with Gasteiger partial charge in [0.2, 0.25) is 0 Å². The Kier molecular flexibility index (Phi) is 2.18. The fourth-order valence-electron chi connectivity index (χ4n) is 1.52. The van der Waals surface area contributed by atoms with Crippen molar-refractivity contribution in [3.63, 3.8) is 0 Å². The second kappa shape index (κ2) is 2.81. The molecule has 1 rings (SSSR count). The molecule has 1 aliphatic carbocycles. The van der Waals surface area contributed by atoms with Gasteiger partial charge in [0.1, 0.15) is 0 Å². The molecule has 0 aliphatic heterocycles. The number of hydrogen-bond donors (Lipinski definition) is 2. The number of carbonyl (C=O) groups is 1. The van der Waals surface area contributed by atoms with Crippen molar-refractivity contribution >= 4 is 5.97 Å². The SMILES string of the molecule is CC1(N)CCC(C(=O)O)CC1. The van der Waals surface area contributed by atoms with Gasteiger partial charge in [-0.05, 0) is 32.6 Å². The lowest BCUT2D eigenvalue weighted by atomic mass is 9.78. The highest BCUT2D eigenvalue weighted by Gasteiger charge is 2.30. The lowest BCUT2D eigenvalue weighted by Gasteiger charge is -2.32. The molecule has 0 amide bonds. The van der Waals surface area contributed by atoms with E-state index >= 15 is 0 Å². The molecule has 3 N–H and O–H groups in total. The molecule has 11 heavy (non-hydrogen) atoms. The van der Waals surface area contributed by atoms with Crippen LogP contribution in [0.2, 0.25) is 0 Å². The van der Waals surface area contributed by atoms with Gasteiger partial charge in [-0.2, -0.15) is 0 Å². The number of rotatable bonds is 1. The fraction of sp³-hybridized carbons (Fsp3) is 0.875. The third kappa shape index (κ3) is 2.19. The Balaban J connectivity index is 2.42. The first-order chi connectivity index (χ1) is 5.01. The minimum absolute atomic E-state index is 0.119. The number of carboxylic acid groups (broad SMARTS) is 1. The van der Waals surface area contributed by atoms with Crippen molar-refractivity contribution < 1.29 is 9.90 Å². The second-order valence-electron chi connectivity index (χ2n) is 3.77. The molecule has 0 heterocycles. The Morgan fingerprint density at radius 3 is 2.36 bits per heavy atom. The van der Waals surface area contributed by atoms with Crippen LogP contribution in [0.1, 0.15) is 32.6 Å². The summed E-state index contributed by atoms with van der Waals surface area (Å²) in [6.45, 7) is 1.99. The van der Waals surface area contributed by atoms with E-state index in [0.717, 1.165) is 25.7 Å². The van der Waals surface area contributed by atoms with E-state index in [1.54, 1.807) is 0 Å². The van der Waals surface area contributed by atoms with Crippen molar-refractivity contribution in [2.75, 3.05) is 0 Å². The maximum atomic E-state index is 10.5. The zero-order valence-electron chi connectivity index (χ0n) is 6.84. The van der Waals surface area contributed by atoms with Gasteiger partial charge in [-0.25, -0.2) is 0 Å². The Hall–Kier alpha value is -0.570. The standard InChI is InChI=1S/C8H15NO2/c1-8(9)4-2-6(3-5-8)7(10)11/h6H,2-5,9H2,1H3,(H,10,11). The van der Waals surface area contributed by atoms with Gasteiger partial charge >= 0.3 is 5.97 Å². The Bertz CT molecular complexity index is 155. The first-order valence-electron chi connectivity index (χ1n) is 4.03. The van der Waals surface area contributed by atoms with Crippen LogP contribution in [0, 0.1) is 5.92 Å². The number of nitrogens with two attached hydrogens (primary N) is 1. The monoisotopic (exact) mass is 157 g/mol. The van der Waals surface area contributed by atoms with Crippen molar-refractivity contribution in [3.05, 3.63) is 0 Å². The van der Waals surface area contributed by atoms with E-state index < -0.39 is 5.97 Å². The summed E-state index contributed by atoms with van der Waals surface area (Å²) in [5.41, 5.74) is 5.73. The molecule has 3 heteroatoms. The van der Waals surface area contributed by atoms with Gasteiger partial charge in [-0.15, -0.1) is 0 Å². The van der Waals surface area contributed by atoms with Crippen molar-refractivity contribution in [1.29, 1.82) is 0 Å². The normalized spacial score (nSPS) is 38.5. The topological polar surface area (TPSA) is 63.3 Å². The van der Waals surface area contributed by atoms with Crippen LogP contribution >= 0.6 is 0 Å². The van der Waals surface area contributed by atoms with Crippen LogP contribution in [0.5, 0.6) is 0 Å². The molecular formula is C8H15NO2. The predicted octanol–water partition coefficient (Wildman–Crippen LogP) is 0.979. The largest absolute Gasteiger partial charge is 0.481 e. The lowest BCUT2D eigenvalue weighted by molar-refractivity contribution is -0.143. The van der Waals surface area contributed by atoms with E-state index in [9.17, 15) is 4.79 Å². The highest BCUT2D eigenvalue weighted by Crippen LogP contribution is 2.29. The van der Waals surface area contributed by atoms with Crippen LogP contribution in [-0.2, 0) is 4.79 Å². The molecule has 1 saturated carbocycles. The summed E-state index contributed by atoms with van der Waals surface area (Å²) in [6, 6.07) is 0. The molecule has 0 aromatic rings. The molecule has 0 aromatic heterocycles. The van der Waals surface area contributed by atoms with E-state index in [2.05, 4.69) is 0 Å². The summed E-state index contributed by atoms with van der Waals surface area (Å²) in [5, 5.41) is 8.67. The molecule has 0 aromatic carbocycles. The van der Waals surface area contributed by atoms with Crippen LogP contribution in [-0.4, -0.2) is 16.6 Å². The van der Waals surface area contributed by atoms with Gasteiger partial charge in [-0.1, -0.05) is 0 Å². The van der Waals surface area contributed by atoms with Gasteiger partial charge in [0, 0.05) is 5.54 Å². The highest BCUT2D eigenvalue weighted by molar-refractivity contribution is 5.70. The molecule has 0 unspecified atom stereocenters. The van der Waals surface area contributed by atoms with Crippen molar-refractivity contribution in [3.8, 4) is 0 Å². The van der Waals surface area contributed by atoms with E-state index in [0.29, 0.717) is 0 Å². The van der Waals surface area contributed by atoms with E-state index in [4.69, 9.17) is 10.8 Å². The lowest BCUT2D eigenvalue weighted by Crippen LogP contribution is -2.41. The van der Waals surface area contributed by atoms with Gasteiger partial charge < -0.3 is 10.8 Å². The average molecular weight is 157 g/mol. The highest BCUT2D eigenvalue weighted by atomic mass is 16.4. The Morgan fingerprint density at radius 1 is 1.55 bits per heavy atom. The van der Waals surface area contributed by atoms with Crippen LogP contribution < -0.4 is 5.73 Å². The average Bonchev–Trinajstić information content (AvgIpc) is 1.86. The molecule has 0 spiro atoms. The molecule has 1 aliphatic rings. The minimum Gasteiger partial charge on any atom is -0.481 e. The number of hydrogen-bond acceptors (Lipinski definition) is 2. The first-order valence-corrected chi connectivity index (χ1v) is 4.03. The summed E-state index contributed by atoms with van der Waals surface area (Å²) < 4.78 is 0. The zero-order valence-corrected chi connectivity index (χ0v) is 6.84. The summed E-state index contributed by atoms with van der Waals surface area (Å²) in [4.78, 5) is 10.5. The molecule has 1 fully saturated rings. The first kappa shape index (κ1) is 8.53. The molecule has 0 saturated heterocycles. The summed E-state index contributed by atoms with van der Waals surface area (Å²) in [6.07, 6.45) is 3.15. The summed E-state index contributed by atoms with van der Waals surface area (Å²) >= 11 is 0. The van der Waals surface area contributed by atoms with Crippen molar-refractivity contribution in [2.45, 2.75) is 38.1 Å². The smallest absolute Gasteiger partial charge is 0.306 e. The number of carboxylic acids is 1. The molecule has 3 nitrogen and oxygen atoms in total. The molecule has 0 bridgehead atoms. The van der Waals surface area contributed by atoms with E-state index in [-0.39, 0.29) is 11.5 Å². The minimum atomic E-state index is -0.666. The molecule has 0 atom stereocenters. The van der Waals surface area contributed by atoms with Crippen LogP contribution in [0.15, 0.2) is 0 Å². The van der Waals surface area contributed by atoms with Crippen LogP contribution in [0.4, 0.5) is 0 Å². The molecule has 0 radical (unpaired) electrons. The van der Waals surface area contributed by atoms with Gasteiger partial charge in [0.05, 0.1) is 5.92 Å². The van der Waals surface area contributed by atoms with Crippen molar-refractivity contribution in [2.24, 2.45) is 11.7 Å². The number of aliphatic carboxylic acids is 1. The Morgan fingerprint density at radius 2 is 2.00 bits per heavy atom. The third-order valence-corrected chi connectivity index (χ3v) is 2.48. The van der Waals surface area contributed by atoms with Gasteiger partial charge in [0.15, 0.2) is 0 Å². The summed E-state index contributed by atoms with van der Waals surface area (Å²) in [5.74, 6) is -0.813.